The minimum Gasteiger partial charge on any atom is -0.497 e. The van der Waals surface area contributed by atoms with Crippen LogP contribution in [0.15, 0.2) is 64.2 Å². The van der Waals surface area contributed by atoms with E-state index in [0.29, 0.717) is 31.4 Å². The van der Waals surface area contributed by atoms with E-state index in [2.05, 4.69) is 0 Å². The van der Waals surface area contributed by atoms with Crippen LogP contribution in [-0.2, 0) is 11.3 Å². The van der Waals surface area contributed by atoms with E-state index in [9.17, 15) is 23.2 Å². The highest BCUT2D eigenvalue weighted by atomic mass is 19.1. The van der Waals surface area contributed by atoms with Gasteiger partial charge in [0.1, 0.15) is 24.8 Å². The second-order valence-corrected chi connectivity index (χ2v) is 9.69. The van der Waals surface area contributed by atoms with Crippen molar-refractivity contribution >= 4 is 28.1 Å². The molecule has 0 aliphatic carbocycles. The maximum absolute atomic E-state index is 13.9. The van der Waals surface area contributed by atoms with Gasteiger partial charge in [-0.1, -0.05) is 18.2 Å². The third-order valence-corrected chi connectivity index (χ3v) is 7.25. The normalized spacial score (nSPS) is 14.3. The molecule has 0 spiro atoms. The molecule has 1 amide bonds. The molecule has 0 radical (unpaired) electrons. The van der Waals surface area contributed by atoms with Crippen LogP contribution in [0.5, 0.6) is 11.5 Å². The minimum atomic E-state index is -1.28. The standard InChI is InChI=1S/C29H29F2N3O5/c1-38-23-5-4-20-12-19(2-3-21(20)13-23)17-33-28(36)26-14-24(39-25(15-30)16-31)6-7-27(26)34(29(33)37)22-8-10-32(18-35)11-9-22/h2-7,12-14,18,22,25H,8-11,15-17H2,1H3. The number of benzene rings is 3. The summed E-state index contributed by atoms with van der Waals surface area (Å²) in [6.45, 7) is -1.01. The van der Waals surface area contributed by atoms with Crippen LogP contribution in [0.25, 0.3) is 21.7 Å². The van der Waals surface area contributed by atoms with Gasteiger partial charge in [-0.2, -0.15) is 0 Å². The van der Waals surface area contributed by atoms with E-state index < -0.39 is 30.7 Å². The van der Waals surface area contributed by atoms with Crippen molar-refractivity contribution in [2.24, 2.45) is 0 Å². The molecule has 1 aliphatic rings. The Hall–Kier alpha value is -4.21. The summed E-state index contributed by atoms with van der Waals surface area (Å²) in [4.78, 5) is 40.4. The van der Waals surface area contributed by atoms with Crippen molar-refractivity contribution in [1.29, 1.82) is 0 Å². The molecule has 4 aromatic rings. The first-order valence-corrected chi connectivity index (χ1v) is 12.8. The lowest BCUT2D eigenvalue weighted by molar-refractivity contribution is -0.119. The SMILES string of the molecule is COc1ccc2cc(Cn3c(=O)c4cc(OC(CF)CF)ccc4n(C4CCN(C=O)CC4)c3=O)ccc2c1. The van der Waals surface area contributed by atoms with Gasteiger partial charge in [0.15, 0.2) is 6.10 Å². The van der Waals surface area contributed by atoms with Crippen molar-refractivity contribution < 1.29 is 23.0 Å². The number of ether oxygens (including phenoxy) is 2. The number of alkyl halides is 2. The fourth-order valence-electron chi connectivity index (χ4n) is 5.15. The van der Waals surface area contributed by atoms with E-state index >= 15 is 0 Å². The molecule has 1 saturated heterocycles. The monoisotopic (exact) mass is 537 g/mol. The molecule has 1 aliphatic heterocycles. The Morgan fingerprint density at radius 2 is 1.64 bits per heavy atom. The lowest BCUT2D eigenvalue weighted by Gasteiger charge is -2.31. The minimum absolute atomic E-state index is 0.0332. The van der Waals surface area contributed by atoms with Crippen LogP contribution < -0.4 is 20.7 Å². The number of hydrogen-bond donors (Lipinski definition) is 0. The van der Waals surface area contributed by atoms with Crippen LogP contribution in [0, 0.1) is 0 Å². The van der Waals surface area contributed by atoms with Crippen LogP contribution in [0.4, 0.5) is 8.78 Å². The highest BCUT2D eigenvalue weighted by Gasteiger charge is 2.25. The fraction of sp³-hybridized carbons (Fsp3) is 0.345. The Morgan fingerprint density at radius 3 is 2.33 bits per heavy atom. The first kappa shape index (κ1) is 26.4. The topological polar surface area (TPSA) is 82.8 Å². The molecule has 0 atom stereocenters. The number of piperidine rings is 1. The second-order valence-electron chi connectivity index (χ2n) is 9.69. The number of rotatable bonds is 9. The molecular formula is C29H29F2N3O5. The fourth-order valence-corrected chi connectivity index (χ4v) is 5.15. The molecule has 0 saturated carbocycles. The zero-order valence-corrected chi connectivity index (χ0v) is 21.5. The first-order chi connectivity index (χ1) is 18.9. The van der Waals surface area contributed by atoms with Gasteiger partial charge in [-0.25, -0.2) is 13.6 Å². The van der Waals surface area contributed by atoms with Gasteiger partial charge in [-0.3, -0.25) is 18.7 Å². The maximum Gasteiger partial charge on any atom is 0.332 e. The number of likely N-dealkylation sites (tertiary alicyclic amines) is 1. The van der Waals surface area contributed by atoms with Crippen LogP contribution in [0.1, 0.15) is 24.4 Å². The molecule has 8 nitrogen and oxygen atoms in total. The van der Waals surface area contributed by atoms with Crippen molar-refractivity contribution in [3.63, 3.8) is 0 Å². The average Bonchev–Trinajstić information content (AvgIpc) is 2.98. The van der Waals surface area contributed by atoms with E-state index in [4.69, 9.17) is 9.47 Å². The summed E-state index contributed by atoms with van der Waals surface area (Å²) in [7, 11) is 1.60. The third kappa shape index (κ3) is 5.23. The first-order valence-electron chi connectivity index (χ1n) is 12.8. The van der Waals surface area contributed by atoms with Gasteiger partial charge in [-0.05, 0) is 65.6 Å². The van der Waals surface area contributed by atoms with Gasteiger partial charge in [0.2, 0.25) is 6.41 Å². The van der Waals surface area contributed by atoms with Crippen molar-refractivity contribution in [3.8, 4) is 11.5 Å². The molecule has 1 aromatic heterocycles. The van der Waals surface area contributed by atoms with Crippen LogP contribution in [0.3, 0.4) is 0 Å². The number of fused-ring (bicyclic) bond motifs is 2. The molecule has 0 N–H and O–H groups in total. The molecule has 2 heterocycles. The molecule has 5 rings (SSSR count). The summed E-state index contributed by atoms with van der Waals surface area (Å²) in [6, 6.07) is 15.7. The predicted molar refractivity (Wildman–Crippen MR) is 144 cm³/mol. The highest BCUT2D eigenvalue weighted by molar-refractivity contribution is 5.84. The van der Waals surface area contributed by atoms with Crippen LogP contribution >= 0.6 is 0 Å². The Balaban J connectivity index is 1.62. The summed E-state index contributed by atoms with van der Waals surface area (Å²) >= 11 is 0. The smallest absolute Gasteiger partial charge is 0.332 e. The summed E-state index contributed by atoms with van der Waals surface area (Å²) in [5.74, 6) is 0.873. The van der Waals surface area contributed by atoms with Crippen molar-refractivity contribution in [1.82, 2.24) is 14.0 Å². The van der Waals surface area contributed by atoms with Gasteiger partial charge < -0.3 is 14.4 Å². The molecule has 204 valence electrons. The largest absolute Gasteiger partial charge is 0.497 e. The highest BCUT2D eigenvalue weighted by Crippen LogP contribution is 2.27. The molecule has 39 heavy (non-hydrogen) atoms. The number of carbonyl (C=O) groups excluding carboxylic acids is 1. The Morgan fingerprint density at radius 1 is 0.949 bits per heavy atom. The number of aromatic nitrogens is 2. The number of hydrogen-bond acceptors (Lipinski definition) is 5. The van der Waals surface area contributed by atoms with Gasteiger partial charge in [0.25, 0.3) is 5.56 Å². The van der Waals surface area contributed by atoms with E-state index in [1.165, 1.54) is 16.7 Å². The lowest BCUT2D eigenvalue weighted by Crippen LogP contribution is -2.44. The average molecular weight is 538 g/mol. The maximum atomic E-state index is 13.9. The predicted octanol–water partition coefficient (Wildman–Crippen LogP) is 3.85. The number of carbonyl (C=O) groups is 1. The summed E-state index contributed by atoms with van der Waals surface area (Å²) in [5.41, 5.74) is 0.205. The molecule has 3 aromatic carbocycles. The number of halogens is 2. The van der Waals surface area contributed by atoms with E-state index in [1.54, 1.807) is 22.6 Å². The van der Waals surface area contributed by atoms with Crippen molar-refractivity contribution in [2.45, 2.75) is 31.5 Å². The Bertz CT molecular complexity index is 1620. The van der Waals surface area contributed by atoms with Gasteiger partial charge in [0, 0.05) is 19.1 Å². The Labute approximate surface area is 223 Å². The van der Waals surface area contributed by atoms with E-state index in [-0.39, 0.29) is 23.7 Å². The summed E-state index contributed by atoms with van der Waals surface area (Å²) in [6.07, 6.45) is 0.615. The number of amides is 1. The number of nitrogens with zero attached hydrogens (tertiary/aromatic N) is 3. The molecular weight excluding hydrogens is 508 g/mol. The zero-order valence-electron chi connectivity index (χ0n) is 21.5. The van der Waals surface area contributed by atoms with Crippen molar-refractivity contribution in [2.75, 3.05) is 33.5 Å². The van der Waals surface area contributed by atoms with E-state index in [1.807, 2.05) is 36.4 Å². The molecule has 10 heteroatoms. The molecule has 0 unspecified atom stereocenters. The molecule has 1 fully saturated rings. The number of methoxy groups -OCH3 is 1. The van der Waals surface area contributed by atoms with Crippen LogP contribution in [-0.4, -0.2) is 60.1 Å². The summed E-state index contributed by atoms with van der Waals surface area (Å²) < 4.78 is 39.7. The quantitative estimate of drug-likeness (QED) is 0.303. The van der Waals surface area contributed by atoms with Crippen LogP contribution in [0.2, 0.25) is 0 Å². The van der Waals surface area contributed by atoms with Gasteiger partial charge >= 0.3 is 5.69 Å². The van der Waals surface area contributed by atoms with Crippen molar-refractivity contribution in [3.05, 3.63) is 81.0 Å². The Kier molecular flexibility index (Phi) is 7.63. The van der Waals surface area contributed by atoms with E-state index in [0.717, 1.165) is 28.5 Å². The third-order valence-electron chi connectivity index (χ3n) is 7.25. The lowest BCUT2D eigenvalue weighted by atomic mass is 10.0. The zero-order chi connectivity index (χ0) is 27.5. The van der Waals surface area contributed by atoms with Gasteiger partial charge in [0.05, 0.1) is 24.6 Å². The second kappa shape index (κ2) is 11.3. The molecule has 0 bridgehead atoms. The summed E-state index contributed by atoms with van der Waals surface area (Å²) in [5, 5.41) is 2.11. The van der Waals surface area contributed by atoms with Gasteiger partial charge in [-0.15, -0.1) is 0 Å².